The largest absolute Gasteiger partial charge is 0.507 e. The maximum atomic E-state index is 13.6. The molecule has 6 nitrogen and oxygen atoms in total. The Kier molecular flexibility index (Phi) is 6.04. The van der Waals surface area contributed by atoms with Gasteiger partial charge in [0.15, 0.2) is 5.13 Å². The number of hydrogen-bond acceptors (Lipinski definition) is 6. The number of fused-ring (bicyclic) bond motifs is 2. The van der Waals surface area contributed by atoms with Crippen LogP contribution < -0.4 is 9.64 Å². The molecule has 2 aliphatic rings. The number of Topliss-reactive ketones (excluding diaryl/α,β-unsaturated/α-hetero) is 1. The van der Waals surface area contributed by atoms with Gasteiger partial charge in [0.1, 0.15) is 17.6 Å². The fourth-order valence-corrected chi connectivity index (χ4v) is 6.49. The number of ketones is 1. The maximum Gasteiger partial charge on any atom is 0.301 e. The Morgan fingerprint density at radius 3 is 2.54 bits per heavy atom. The van der Waals surface area contributed by atoms with Crippen LogP contribution in [0.3, 0.4) is 0 Å². The van der Waals surface area contributed by atoms with E-state index in [0.29, 0.717) is 33.2 Å². The molecule has 0 saturated carbocycles. The van der Waals surface area contributed by atoms with Crippen molar-refractivity contribution in [3.8, 4) is 5.75 Å². The van der Waals surface area contributed by atoms with Crippen LogP contribution in [0.25, 0.3) is 16.0 Å². The highest BCUT2D eigenvalue weighted by Crippen LogP contribution is 2.45. The number of amides is 1. The SMILES string of the molecule is C[C@H]1Cc2cc(C(O)=C3C(=O)C(=O)N(c4nc5ccc(Cl)cc5s4)[C@H]3c3ccc(C(C)(C)C)cc3)ccc2O1. The molecule has 2 aliphatic heterocycles. The van der Waals surface area contributed by atoms with Crippen molar-refractivity contribution >= 4 is 55.7 Å². The molecule has 0 aliphatic carbocycles. The minimum Gasteiger partial charge on any atom is -0.507 e. The third-order valence-electron chi connectivity index (χ3n) is 7.25. The van der Waals surface area contributed by atoms with Crippen molar-refractivity contribution in [1.82, 2.24) is 4.98 Å². The molecule has 8 heteroatoms. The lowest BCUT2D eigenvalue weighted by atomic mass is 9.85. The van der Waals surface area contributed by atoms with Gasteiger partial charge in [-0.3, -0.25) is 14.5 Å². The van der Waals surface area contributed by atoms with E-state index in [1.165, 1.54) is 16.2 Å². The van der Waals surface area contributed by atoms with Gasteiger partial charge in [-0.05, 0) is 65.4 Å². The van der Waals surface area contributed by atoms with E-state index in [4.69, 9.17) is 16.3 Å². The average molecular weight is 559 g/mol. The molecule has 1 amide bonds. The van der Waals surface area contributed by atoms with Crippen LogP contribution in [0.4, 0.5) is 5.13 Å². The first-order chi connectivity index (χ1) is 18.5. The average Bonchev–Trinajstić information content (AvgIpc) is 3.55. The summed E-state index contributed by atoms with van der Waals surface area (Å²) in [6.45, 7) is 8.35. The molecular weight excluding hydrogens is 532 g/mol. The molecular formula is C31H27ClN2O4S. The topological polar surface area (TPSA) is 79.7 Å². The van der Waals surface area contributed by atoms with E-state index in [2.05, 4.69) is 25.8 Å². The van der Waals surface area contributed by atoms with Gasteiger partial charge in [-0.15, -0.1) is 0 Å². The Hall–Kier alpha value is -3.68. The Morgan fingerprint density at radius 1 is 1.08 bits per heavy atom. The van der Waals surface area contributed by atoms with E-state index < -0.39 is 17.7 Å². The van der Waals surface area contributed by atoms with E-state index in [0.717, 1.165) is 21.6 Å². The normalized spacial score (nSPS) is 20.5. The second kappa shape index (κ2) is 9.21. The Labute approximate surface area is 235 Å². The van der Waals surface area contributed by atoms with Crippen LogP contribution in [0.5, 0.6) is 5.75 Å². The molecule has 2 atom stereocenters. The predicted molar refractivity (Wildman–Crippen MR) is 155 cm³/mol. The summed E-state index contributed by atoms with van der Waals surface area (Å²) < 4.78 is 6.60. The smallest absolute Gasteiger partial charge is 0.301 e. The summed E-state index contributed by atoms with van der Waals surface area (Å²) in [5.74, 6) is -0.932. The zero-order valence-electron chi connectivity index (χ0n) is 22.0. The lowest BCUT2D eigenvalue weighted by molar-refractivity contribution is -0.132. The fraction of sp³-hybridized carbons (Fsp3) is 0.258. The minimum atomic E-state index is -0.849. The Morgan fingerprint density at radius 2 is 1.82 bits per heavy atom. The van der Waals surface area contributed by atoms with Crippen LogP contribution in [0.2, 0.25) is 5.02 Å². The Balaban J connectivity index is 1.53. The van der Waals surface area contributed by atoms with Crippen molar-refractivity contribution in [2.75, 3.05) is 4.90 Å². The second-order valence-corrected chi connectivity index (χ2v) is 12.6. The molecule has 6 rings (SSSR count). The number of thiazole rings is 1. The molecule has 1 aromatic heterocycles. The third-order valence-corrected chi connectivity index (χ3v) is 8.50. The van der Waals surface area contributed by atoms with Crippen LogP contribution >= 0.6 is 22.9 Å². The van der Waals surface area contributed by atoms with Gasteiger partial charge in [-0.2, -0.15) is 0 Å². The zero-order valence-corrected chi connectivity index (χ0v) is 23.6. The first kappa shape index (κ1) is 25.6. The number of aliphatic hydroxyl groups excluding tert-OH is 1. The number of carbonyl (C=O) groups is 2. The quantitative estimate of drug-likeness (QED) is 0.163. The molecule has 198 valence electrons. The number of aromatic nitrogens is 1. The van der Waals surface area contributed by atoms with Gasteiger partial charge >= 0.3 is 5.91 Å². The van der Waals surface area contributed by atoms with Crippen LogP contribution in [0.1, 0.15) is 56.0 Å². The standard InChI is InChI=1S/C31H27ClN2O4S/c1-16-13-19-14-18(7-12-23(19)38-16)27(35)25-26(17-5-8-20(9-6-17)31(2,3)4)34(29(37)28(25)36)30-33-22-11-10-21(32)15-24(22)39-30/h5-12,14-16,26,35H,13H2,1-4H3/t16-,26-/m0/s1. The monoisotopic (exact) mass is 558 g/mol. The maximum absolute atomic E-state index is 13.6. The van der Waals surface area contributed by atoms with Gasteiger partial charge in [-0.1, -0.05) is 68.0 Å². The third kappa shape index (κ3) is 4.39. The van der Waals surface area contributed by atoms with Crippen LogP contribution in [0, 0.1) is 0 Å². The van der Waals surface area contributed by atoms with Crippen molar-refractivity contribution in [3.63, 3.8) is 0 Å². The highest BCUT2D eigenvalue weighted by atomic mass is 35.5. The number of nitrogens with zero attached hydrogens (tertiary/aromatic N) is 2. The lowest BCUT2D eigenvalue weighted by Gasteiger charge is -2.24. The molecule has 0 bridgehead atoms. The molecule has 3 heterocycles. The summed E-state index contributed by atoms with van der Waals surface area (Å²) in [6.07, 6.45) is 0.744. The van der Waals surface area contributed by atoms with Crippen molar-refractivity contribution in [2.24, 2.45) is 0 Å². The van der Waals surface area contributed by atoms with Crippen molar-refractivity contribution in [2.45, 2.75) is 51.7 Å². The minimum absolute atomic E-state index is 0.0349. The number of rotatable bonds is 3. The van der Waals surface area contributed by atoms with E-state index >= 15 is 0 Å². The second-order valence-electron chi connectivity index (χ2n) is 11.1. The lowest BCUT2D eigenvalue weighted by Crippen LogP contribution is -2.29. The van der Waals surface area contributed by atoms with Crippen LogP contribution in [-0.2, 0) is 21.4 Å². The molecule has 4 aromatic rings. The number of ether oxygens (including phenoxy) is 1. The fourth-order valence-electron chi connectivity index (χ4n) is 5.22. The van der Waals surface area contributed by atoms with Gasteiger partial charge in [0.2, 0.25) is 0 Å². The van der Waals surface area contributed by atoms with E-state index in [1.807, 2.05) is 37.3 Å². The number of hydrogen-bond donors (Lipinski definition) is 1. The summed E-state index contributed by atoms with van der Waals surface area (Å²) in [7, 11) is 0. The number of anilines is 1. The number of halogens is 1. The molecule has 3 aromatic carbocycles. The van der Waals surface area contributed by atoms with Crippen molar-refractivity contribution in [3.05, 3.63) is 93.5 Å². The first-order valence-electron chi connectivity index (χ1n) is 12.8. The van der Waals surface area contributed by atoms with Crippen molar-refractivity contribution < 1.29 is 19.4 Å². The van der Waals surface area contributed by atoms with Crippen molar-refractivity contribution in [1.29, 1.82) is 0 Å². The van der Waals surface area contributed by atoms with Crippen LogP contribution in [-0.4, -0.2) is 27.9 Å². The van der Waals surface area contributed by atoms with Gasteiger partial charge in [0.05, 0.1) is 21.8 Å². The van der Waals surface area contributed by atoms with Gasteiger partial charge in [0, 0.05) is 17.0 Å². The molecule has 39 heavy (non-hydrogen) atoms. The number of aliphatic hydroxyl groups is 1. The highest BCUT2D eigenvalue weighted by Gasteiger charge is 2.48. The summed E-state index contributed by atoms with van der Waals surface area (Å²) >= 11 is 7.48. The Bertz CT molecular complexity index is 1680. The van der Waals surface area contributed by atoms with Gasteiger partial charge in [0.25, 0.3) is 5.78 Å². The molecule has 0 radical (unpaired) electrons. The van der Waals surface area contributed by atoms with Crippen LogP contribution in [0.15, 0.2) is 66.2 Å². The van der Waals surface area contributed by atoms with E-state index in [9.17, 15) is 14.7 Å². The predicted octanol–water partition coefficient (Wildman–Crippen LogP) is 7.20. The van der Waals surface area contributed by atoms with Gasteiger partial charge < -0.3 is 9.84 Å². The molecule has 1 fully saturated rings. The molecule has 0 spiro atoms. The number of carbonyl (C=O) groups excluding carboxylic acids is 2. The van der Waals surface area contributed by atoms with Gasteiger partial charge in [-0.25, -0.2) is 4.98 Å². The molecule has 1 N–H and O–H groups in total. The molecule has 0 unspecified atom stereocenters. The summed E-state index contributed by atoms with van der Waals surface area (Å²) in [5, 5.41) is 12.5. The molecule has 1 saturated heterocycles. The van der Waals surface area contributed by atoms with E-state index in [1.54, 1.807) is 30.3 Å². The first-order valence-corrected chi connectivity index (χ1v) is 14.0. The van der Waals surface area contributed by atoms with E-state index in [-0.39, 0.29) is 22.9 Å². The summed E-state index contributed by atoms with van der Waals surface area (Å²) in [4.78, 5) is 33.2. The zero-order chi connectivity index (χ0) is 27.6. The number of benzene rings is 3. The summed E-state index contributed by atoms with van der Waals surface area (Å²) in [6, 6.07) is 17.7. The summed E-state index contributed by atoms with van der Waals surface area (Å²) in [5.41, 5.74) is 3.89. The highest BCUT2D eigenvalue weighted by molar-refractivity contribution is 7.22.